The molecule has 0 unspecified atom stereocenters. The minimum Gasteiger partial charge on any atom is -0.216 e. The second-order valence-electron chi connectivity index (χ2n) is 8.45. The van der Waals surface area contributed by atoms with E-state index >= 15 is 0 Å². The summed E-state index contributed by atoms with van der Waals surface area (Å²) >= 11 is 0. The number of hydrogen-bond donors (Lipinski definition) is 0. The Labute approximate surface area is 153 Å². The molecule has 0 amide bonds. The van der Waals surface area contributed by atoms with E-state index in [9.17, 15) is 4.39 Å². The topological polar surface area (TPSA) is 0 Å². The maximum absolute atomic E-state index is 12.3. The van der Waals surface area contributed by atoms with Crippen LogP contribution in [0.15, 0.2) is 36.7 Å². The molecule has 0 radical (unpaired) electrons. The van der Waals surface area contributed by atoms with Crippen molar-refractivity contribution in [2.45, 2.75) is 83.5 Å². The van der Waals surface area contributed by atoms with Gasteiger partial charge in [-0.25, -0.2) is 4.39 Å². The van der Waals surface area contributed by atoms with Gasteiger partial charge in [0.25, 0.3) is 0 Å². The number of aryl methyl sites for hydroxylation is 1. The first kappa shape index (κ1) is 18.7. The smallest absolute Gasteiger partial charge is 0.0829 e. The minimum absolute atomic E-state index is 0.504. The Morgan fingerprint density at radius 3 is 2.04 bits per heavy atom. The van der Waals surface area contributed by atoms with Gasteiger partial charge >= 0.3 is 0 Å². The van der Waals surface area contributed by atoms with Gasteiger partial charge in [0.2, 0.25) is 0 Å². The summed E-state index contributed by atoms with van der Waals surface area (Å²) in [7, 11) is 0. The number of rotatable bonds is 6. The van der Waals surface area contributed by atoms with Crippen molar-refractivity contribution in [2.24, 2.45) is 17.8 Å². The van der Waals surface area contributed by atoms with Gasteiger partial charge in [0, 0.05) is 0 Å². The van der Waals surface area contributed by atoms with E-state index in [2.05, 4.69) is 31.2 Å². The van der Waals surface area contributed by atoms with Gasteiger partial charge in [0.05, 0.1) is 6.33 Å². The molecule has 25 heavy (non-hydrogen) atoms. The maximum Gasteiger partial charge on any atom is 0.0829 e. The average molecular weight is 343 g/mol. The van der Waals surface area contributed by atoms with Crippen molar-refractivity contribution in [1.29, 1.82) is 0 Å². The molecule has 1 heteroatoms. The van der Waals surface area contributed by atoms with E-state index < -0.39 is 0 Å². The number of benzene rings is 1. The van der Waals surface area contributed by atoms with Crippen LogP contribution in [0.4, 0.5) is 4.39 Å². The lowest BCUT2D eigenvalue weighted by Crippen LogP contribution is -2.25. The van der Waals surface area contributed by atoms with Gasteiger partial charge in [0.15, 0.2) is 0 Å². The summed E-state index contributed by atoms with van der Waals surface area (Å²) in [6.45, 7) is 2.26. The SMILES string of the molecule is CCCCc1ccc(C2CCC(C3CCC(/C=C/F)CC3)CC2)cc1. The summed E-state index contributed by atoms with van der Waals surface area (Å²) < 4.78 is 12.3. The summed E-state index contributed by atoms with van der Waals surface area (Å²) in [5.41, 5.74) is 3.06. The molecule has 0 bridgehead atoms. The third-order valence-electron chi connectivity index (χ3n) is 6.87. The first-order chi connectivity index (χ1) is 12.3. The van der Waals surface area contributed by atoms with E-state index in [4.69, 9.17) is 0 Å². The lowest BCUT2D eigenvalue weighted by Gasteiger charge is -2.37. The van der Waals surface area contributed by atoms with E-state index in [0.29, 0.717) is 5.92 Å². The zero-order valence-corrected chi connectivity index (χ0v) is 15.9. The molecule has 0 heterocycles. The zero-order chi connectivity index (χ0) is 17.5. The van der Waals surface area contributed by atoms with Crippen LogP contribution in [-0.4, -0.2) is 0 Å². The predicted molar refractivity (Wildman–Crippen MR) is 105 cm³/mol. The van der Waals surface area contributed by atoms with Crippen molar-refractivity contribution < 1.29 is 4.39 Å². The normalized spacial score (nSPS) is 30.6. The lowest BCUT2D eigenvalue weighted by atomic mass is 9.68. The van der Waals surface area contributed by atoms with Crippen LogP contribution in [0.5, 0.6) is 0 Å². The van der Waals surface area contributed by atoms with E-state index in [1.165, 1.54) is 76.2 Å². The van der Waals surface area contributed by atoms with Crippen LogP contribution in [0, 0.1) is 17.8 Å². The van der Waals surface area contributed by atoms with Crippen LogP contribution < -0.4 is 0 Å². The molecule has 2 saturated carbocycles. The third-order valence-corrected chi connectivity index (χ3v) is 6.87. The Morgan fingerprint density at radius 2 is 1.48 bits per heavy atom. The highest BCUT2D eigenvalue weighted by atomic mass is 19.1. The monoisotopic (exact) mass is 342 g/mol. The number of halogens is 1. The molecule has 0 atom stereocenters. The van der Waals surface area contributed by atoms with Gasteiger partial charge in [-0.3, -0.25) is 0 Å². The molecular weight excluding hydrogens is 307 g/mol. The van der Waals surface area contributed by atoms with Gasteiger partial charge in [0.1, 0.15) is 0 Å². The highest BCUT2D eigenvalue weighted by Crippen LogP contribution is 2.44. The van der Waals surface area contributed by atoms with Crippen LogP contribution in [0.1, 0.15) is 88.2 Å². The van der Waals surface area contributed by atoms with Crippen molar-refractivity contribution in [2.75, 3.05) is 0 Å². The standard InChI is InChI=1S/C24H35F/c1-2-3-4-19-5-9-21(10-6-19)23-13-15-24(16-14-23)22-11-7-20(8-12-22)17-18-25/h5-6,9-10,17-18,20,22-24H,2-4,7-8,11-16H2,1H3/b18-17+. The maximum atomic E-state index is 12.3. The Morgan fingerprint density at radius 1 is 0.880 bits per heavy atom. The van der Waals surface area contributed by atoms with Gasteiger partial charge in [-0.2, -0.15) is 0 Å². The number of allylic oxidation sites excluding steroid dienone is 1. The largest absolute Gasteiger partial charge is 0.216 e. The summed E-state index contributed by atoms with van der Waals surface area (Å²) in [6, 6.07) is 9.50. The van der Waals surface area contributed by atoms with Gasteiger partial charge < -0.3 is 0 Å². The minimum atomic E-state index is 0.504. The van der Waals surface area contributed by atoms with Crippen molar-refractivity contribution in [3.8, 4) is 0 Å². The summed E-state index contributed by atoms with van der Waals surface area (Å²) in [4.78, 5) is 0. The number of hydrogen-bond acceptors (Lipinski definition) is 0. The van der Waals surface area contributed by atoms with Crippen LogP contribution in [0.2, 0.25) is 0 Å². The second-order valence-corrected chi connectivity index (χ2v) is 8.45. The fourth-order valence-corrected chi connectivity index (χ4v) is 5.17. The molecule has 1 aromatic carbocycles. The molecular formula is C24H35F. The predicted octanol–water partition coefficient (Wildman–Crippen LogP) is 7.59. The van der Waals surface area contributed by atoms with E-state index in [0.717, 1.165) is 24.1 Å². The molecule has 3 rings (SSSR count). The highest BCUT2D eigenvalue weighted by Gasteiger charge is 2.30. The van der Waals surface area contributed by atoms with E-state index in [1.807, 2.05) is 0 Å². The van der Waals surface area contributed by atoms with Crippen LogP contribution >= 0.6 is 0 Å². The molecule has 0 nitrogen and oxygen atoms in total. The summed E-state index contributed by atoms with van der Waals surface area (Å²) in [6.07, 6.45) is 16.9. The first-order valence-corrected chi connectivity index (χ1v) is 10.7. The van der Waals surface area contributed by atoms with Crippen LogP contribution in [0.3, 0.4) is 0 Å². The van der Waals surface area contributed by atoms with Crippen molar-refractivity contribution in [3.63, 3.8) is 0 Å². The molecule has 1 aromatic rings. The zero-order valence-electron chi connectivity index (χ0n) is 15.9. The van der Waals surface area contributed by atoms with Crippen molar-refractivity contribution in [1.82, 2.24) is 0 Å². The fraction of sp³-hybridized carbons (Fsp3) is 0.667. The summed E-state index contributed by atoms with van der Waals surface area (Å²) in [5, 5.41) is 0. The molecule has 0 N–H and O–H groups in total. The Hall–Kier alpha value is -1.11. The molecule has 2 aliphatic carbocycles. The Bertz CT molecular complexity index is 514. The molecule has 138 valence electrons. The molecule has 2 fully saturated rings. The average Bonchev–Trinajstić information content (AvgIpc) is 2.68. The molecule has 0 saturated heterocycles. The van der Waals surface area contributed by atoms with Crippen molar-refractivity contribution in [3.05, 3.63) is 47.8 Å². The van der Waals surface area contributed by atoms with Gasteiger partial charge in [-0.05, 0) is 99.0 Å². The molecule has 0 spiro atoms. The first-order valence-electron chi connectivity index (χ1n) is 10.7. The fourth-order valence-electron chi connectivity index (χ4n) is 5.17. The Kier molecular flexibility index (Phi) is 7.13. The van der Waals surface area contributed by atoms with Crippen LogP contribution in [-0.2, 0) is 6.42 Å². The van der Waals surface area contributed by atoms with Gasteiger partial charge in [-0.15, -0.1) is 0 Å². The van der Waals surface area contributed by atoms with Crippen molar-refractivity contribution >= 4 is 0 Å². The molecule has 2 aliphatic rings. The quantitative estimate of drug-likeness (QED) is 0.499. The molecule has 0 aliphatic heterocycles. The Balaban J connectivity index is 1.45. The number of unbranched alkanes of at least 4 members (excludes halogenated alkanes) is 1. The highest BCUT2D eigenvalue weighted by molar-refractivity contribution is 5.26. The van der Waals surface area contributed by atoms with E-state index in [-0.39, 0.29) is 0 Å². The molecule has 0 aromatic heterocycles. The third kappa shape index (κ3) is 5.19. The van der Waals surface area contributed by atoms with E-state index in [1.54, 1.807) is 11.6 Å². The summed E-state index contributed by atoms with van der Waals surface area (Å²) in [5.74, 6) is 3.11. The van der Waals surface area contributed by atoms with Gasteiger partial charge in [-0.1, -0.05) is 43.7 Å². The lowest BCUT2D eigenvalue weighted by molar-refractivity contribution is 0.171. The second kappa shape index (κ2) is 9.55. The van der Waals surface area contributed by atoms with Crippen LogP contribution in [0.25, 0.3) is 0 Å².